The molecule has 0 unspecified atom stereocenters. The van der Waals surface area contributed by atoms with Crippen molar-refractivity contribution in [3.8, 4) is 0 Å². The van der Waals surface area contributed by atoms with Crippen LogP contribution in [0.5, 0.6) is 0 Å². The molecule has 0 spiro atoms. The van der Waals surface area contributed by atoms with Crippen molar-refractivity contribution < 1.29 is 14.3 Å². The van der Waals surface area contributed by atoms with Crippen LogP contribution in [0.25, 0.3) is 0 Å². The summed E-state index contributed by atoms with van der Waals surface area (Å²) in [6.45, 7) is 0.228. The van der Waals surface area contributed by atoms with Crippen LogP contribution in [-0.4, -0.2) is 25.5 Å². The molecule has 3 N–H and O–H groups in total. The molecule has 1 rings (SSSR count). The number of amides is 1. The van der Waals surface area contributed by atoms with Crippen LogP contribution in [0.2, 0.25) is 0 Å². The Kier molecular flexibility index (Phi) is 5.16. The normalized spacial score (nSPS) is 11.6. The third-order valence-corrected chi connectivity index (χ3v) is 2.30. The first-order valence-corrected chi connectivity index (χ1v) is 5.30. The first-order valence-electron chi connectivity index (χ1n) is 5.30. The van der Waals surface area contributed by atoms with Crippen molar-refractivity contribution in [2.24, 2.45) is 5.73 Å². The van der Waals surface area contributed by atoms with Crippen LogP contribution in [0.3, 0.4) is 0 Å². The third kappa shape index (κ3) is 4.24. The molecule has 1 aromatic carbocycles. The fraction of sp³-hybridized carbons (Fsp3) is 0.333. The van der Waals surface area contributed by atoms with Gasteiger partial charge in [-0.05, 0) is 5.56 Å². The molecule has 0 radical (unpaired) electrons. The maximum absolute atomic E-state index is 11.6. The Morgan fingerprint density at radius 2 is 2.00 bits per heavy atom. The van der Waals surface area contributed by atoms with Gasteiger partial charge in [0.15, 0.2) is 0 Å². The van der Waals surface area contributed by atoms with Crippen LogP contribution in [0.4, 0.5) is 0 Å². The number of carbonyl (C=O) groups excluding carboxylic acids is 2. The first-order chi connectivity index (χ1) is 8.15. The molecule has 0 heterocycles. The summed E-state index contributed by atoms with van der Waals surface area (Å²) >= 11 is 0. The molecule has 17 heavy (non-hydrogen) atoms. The van der Waals surface area contributed by atoms with Crippen LogP contribution < -0.4 is 11.1 Å². The molecule has 92 valence electrons. The van der Waals surface area contributed by atoms with E-state index >= 15 is 0 Å². The molecule has 0 aliphatic carbocycles. The number of nitrogens with one attached hydrogen (secondary N) is 1. The Hall–Kier alpha value is -1.88. The van der Waals surface area contributed by atoms with E-state index in [2.05, 4.69) is 10.1 Å². The van der Waals surface area contributed by atoms with Gasteiger partial charge in [0.25, 0.3) is 0 Å². The average Bonchev–Trinajstić information content (AvgIpc) is 2.38. The minimum atomic E-state index is -0.714. The monoisotopic (exact) mass is 236 g/mol. The zero-order valence-corrected chi connectivity index (χ0v) is 9.68. The topological polar surface area (TPSA) is 81.4 Å². The van der Waals surface area contributed by atoms with E-state index in [0.29, 0.717) is 0 Å². The highest BCUT2D eigenvalue weighted by Gasteiger charge is 2.14. The number of rotatable bonds is 5. The van der Waals surface area contributed by atoms with Gasteiger partial charge in [0.2, 0.25) is 5.91 Å². The second-order valence-electron chi connectivity index (χ2n) is 3.51. The number of methoxy groups -OCH3 is 1. The van der Waals surface area contributed by atoms with Crippen molar-refractivity contribution in [3.05, 3.63) is 35.9 Å². The van der Waals surface area contributed by atoms with Crippen molar-refractivity contribution in [1.82, 2.24) is 5.32 Å². The zero-order valence-electron chi connectivity index (χ0n) is 9.68. The van der Waals surface area contributed by atoms with Gasteiger partial charge in [-0.2, -0.15) is 0 Å². The summed E-state index contributed by atoms with van der Waals surface area (Å²) in [4.78, 5) is 22.5. The molecule has 5 heteroatoms. The van der Waals surface area contributed by atoms with Crippen molar-refractivity contribution in [2.45, 2.75) is 12.5 Å². The van der Waals surface area contributed by atoms with Crippen molar-refractivity contribution in [2.75, 3.05) is 13.7 Å². The Labute approximate surface area is 99.9 Å². The smallest absolute Gasteiger partial charge is 0.307 e. The Morgan fingerprint density at radius 3 is 2.59 bits per heavy atom. The second kappa shape index (κ2) is 6.65. The molecule has 0 saturated heterocycles. The summed E-state index contributed by atoms with van der Waals surface area (Å²) in [5, 5.41) is 2.58. The lowest BCUT2D eigenvalue weighted by molar-refractivity contribution is -0.140. The predicted octanol–water partition coefficient (Wildman–Crippen LogP) is 0.366. The Morgan fingerprint density at radius 1 is 1.35 bits per heavy atom. The van der Waals surface area contributed by atoms with Gasteiger partial charge in [0.05, 0.1) is 13.5 Å². The van der Waals surface area contributed by atoms with E-state index in [-0.39, 0.29) is 24.8 Å². The van der Waals surface area contributed by atoms with E-state index < -0.39 is 6.04 Å². The molecule has 1 aromatic rings. The lowest BCUT2D eigenvalue weighted by Crippen LogP contribution is -2.35. The number of nitrogens with two attached hydrogens (primary N) is 1. The van der Waals surface area contributed by atoms with Gasteiger partial charge in [-0.25, -0.2) is 0 Å². The molecule has 1 amide bonds. The number of carbonyl (C=O) groups is 2. The fourth-order valence-corrected chi connectivity index (χ4v) is 1.31. The van der Waals surface area contributed by atoms with E-state index in [1.54, 1.807) is 12.1 Å². The number of hydrogen-bond donors (Lipinski definition) is 2. The second-order valence-corrected chi connectivity index (χ2v) is 3.51. The third-order valence-electron chi connectivity index (χ3n) is 2.30. The zero-order chi connectivity index (χ0) is 12.7. The van der Waals surface area contributed by atoms with E-state index in [9.17, 15) is 9.59 Å². The maximum atomic E-state index is 11.6. The van der Waals surface area contributed by atoms with Crippen LogP contribution in [0, 0.1) is 0 Å². The molecular formula is C12H16N2O3. The van der Waals surface area contributed by atoms with Crippen molar-refractivity contribution in [3.63, 3.8) is 0 Å². The highest BCUT2D eigenvalue weighted by atomic mass is 16.5. The van der Waals surface area contributed by atoms with E-state index in [1.807, 2.05) is 18.2 Å². The van der Waals surface area contributed by atoms with Gasteiger partial charge < -0.3 is 15.8 Å². The van der Waals surface area contributed by atoms with Crippen molar-refractivity contribution >= 4 is 11.9 Å². The Balaban J connectivity index is 2.40. The standard InChI is InChI=1S/C12H16N2O3/c1-17-10(15)7-8-14-12(16)11(13)9-5-3-2-4-6-9/h2-6,11H,7-8,13H2,1H3,(H,14,16)/t11-/m0/s1. The quantitative estimate of drug-likeness (QED) is 0.723. The molecule has 0 aliphatic rings. The lowest BCUT2D eigenvalue weighted by Gasteiger charge is -2.11. The number of benzene rings is 1. The molecular weight excluding hydrogens is 220 g/mol. The molecule has 0 aromatic heterocycles. The van der Waals surface area contributed by atoms with Crippen LogP contribution in [-0.2, 0) is 14.3 Å². The molecule has 0 aliphatic heterocycles. The largest absolute Gasteiger partial charge is 0.469 e. The minimum Gasteiger partial charge on any atom is -0.469 e. The summed E-state index contributed by atoms with van der Waals surface area (Å²) in [5.41, 5.74) is 6.50. The average molecular weight is 236 g/mol. The van der Waals surface area contributed by atoms with E-state index in [1.165, 1.54) is 7.11 Å². The summed E-state index contributed by atoms with van der Waals surface area (Å²) in [6, 6.07) is 8.34. The van der Waals surface area contributed by atoms with Crippen LogP contribution >= 0.6 is 0 Å². The summed E-state index contributed by atoms with van der Waals surface area (Å²) < 4.78 is 4.46. The number of ether oxygens (including phenoxy) is 1. The van der Waals surface area contributed by atoms with Gasteiger partial charge in [0, 0.05) is 6.54 Å². The van der Waals surface area contributed by atoms with Crippen LogP contribution in [0.1, 0.15) is 18.0 Å². The van der Waals surface area contributed by atoms with Gasteiger partial charge >= 0.3 is 5.97 Å². The predicted molar refractivity (Wildman–Crippen MR) is 63.0 cm³/mol. The highest BCUT2D eigenvalue weighted by Crippen LogP contribution is 2.08. The Bertz CT molecular complexity index is 379. The highest BCUT2D eigenvalue weighted by molar-refractivity contribution is 5.83. The molecule has 0 fully saturated rings. The van der Waals surface area contributed by atoms with E-state index in [0.717, 1.165) is 5.56 Å². The fourth-order valence-electron chi connectivity index (χ4n) is 1.31. The summed E-state index contributed by atoms with van der Waals surface area (Å²) in [7, 11) is 1.31. The van der Waals surface area contributed by atoms with E-state index in [4.69, 9.17) is 5.73 Å². The van der Waals surface area contributed by atoms with Gasteiger partial charge in [0.1, 0.15) is 6.04 Å². The first kappa shape index (κ1) is 13.2. The number of esters is 1. The van der Waals surface area contributed by atoms with Crippen LogP contribution in [0.15, 0.2) is 30.3 Å². The molecule has 5 nitrogen and oxygen atoms in total. The number of hydrogen-bond acceptors (Lipinski definition) is 4. The maximum Gasteiger partial charge on any atom is 0.307 e. The minimum absolute atomic E-state index is 0.143. The van der Waals surface area contributed by atoms with Gasteiger partial charge in [-0.3, -0.25) is 9.59 Å². The molecule has 1 atom stereocenters. The van der Waals surface area contributed by atoms with Crippen molar-refractivity contribution in [1.29, 1.82) is 0 Å². The lowest BCUT2D eigenvalue weighted by atomic mass is 10.1. The SMILES string of the molecule is COC(=O)CCNC(=O)[C@@H](N)c1ccccc1. The molecule has 0 saturated carbocycles. The molecule has 0 bridgehead atoms. The summed E-state index contributed by atoms with van der Waals surface area (Å²) in [6.07, 6.45) is 0.143. The van der Waals surface area contributed by atoms with Gasteiger partial charge in [-0.1, -0.05) is 30.3 Å². The van der Waals surface area contributed by atoms with Gasteiger partial charge in [-0.15, -0.1) is 0 Å². The summed E-state index contributed by atoms with van der Waals surface area (Å²) in [5.74, 6) is -0.668.